The molecule has 0 spiro atoms. The molecule has 6 aromatic carbocycles. The molecule has 0 bridgehead atoms. The van der Waals surface area contributed by atoms with Crippen LogP contribution in [-0.2, 0) is 48.6 Å². The number of halogens is 8. The van der Waals surface area contributed by atoms with Crippen LogP contribution in [0.2, 0.25) is 0 Å². The van der Waals surface area contributed by atoms with Crippen molar-refractivity contribution in [2.45, 2.75) is 103 Å². The summed E-state index contributed by atoms with van der Waals surface area (Å²) in [5, 5.41) is 30.6. The van der Waals surface area contributed by atoms with Gasteiger partial charge in [-0.05, 0) is 169 Å². The van der Waals surface area contributed by atoms with Gasteiger partial charge in [0.15, 0.2) is 0 Å². The van der Waals surface area contributed by atoms with Gasteiger partial charge in [-0.15, -0.1) is 0 Å². The number of aliphatic carboxylic acids is 2. The van der Waals surface area contributed by atoms with Crippen molar-refractivity contribution in [2.75, 3.05) is 93.6 Å². The first-order chi connectivity index (χ1) is 44.4. The van der Waals surface area contributed by atoms with E-state index in [1.165, 1.54) is 86.2 Å². The summed E-state index contributed by atoms with van der Waals surface area (Å²) < 4.78 is 95.2. The number of carbonyl (C=O) groups excluding carboxylic acids is 4. The Morgan fingerprint density at radius 3 is 1.17 bits per heavy atom. The predicted molar refractivity (Wildman–Crippen MR) is 343 cm³/mol. The third kappa shape index (κ3) is 24.0. The molecule has 94 heavy (non-hydrogen) atoms. The maximum Gasteiger partial charge on any atom is 0.430 e. The molecule has 0 aliphatic carbocycles. The van der Waals surface area contributed by atoms with Gasteiger partial charge in [0.25, 0.3) is 11.8 Å². The van der Waals surface area contributed by atoms with Crippen molar-refractivity contribution in [1.29, 1.82) is 0 Å². The predicted octanol–water partition coefficient (Wildman–Crippen LogP) is 9.09. The molecule has 4 aliphatic rings. The van der Waals surface area contributed by atoms with Crippen molar-refractivity contribution in [3.8, 4) is 22.3 Å². The molecule has 4 heterocycles. The second-order valence-corrected chi connectivity index (χ2v) is 26.6. The number of quaternary nitrogens is 2. The molecule has 22 heteroatoms. The Morgan fingerprint density at radius 1 is 0.489 bits per heavy atom. The highest BCUT2D eigenvalue weighted by atomic mass is 19.4. The number of piperazine rings is 2. The average molecular weight is 1310 g/mol. The van der Waals surface area contributed by atoms with E-state index in [4.69, 9.17) is 19.8 Å². The number of carbonyl (C=O) groups is 4. The highest BCUT2D eigenvalue weighted by Gasteiger charge is 2.31. The van der Waals surface area contributed by atoms with Crippen molar-refractivity contribution in [3.05, 3.63) is 190 Å². The minimum atomic E-state index is -5.19. The minimum Gasteiger partial charge on any atom is -0.542 e. The molecule has 0 aromatic heterocycles. The van der Waals surface area contributed by atoms with Gasteiger partial charge in [-0.3, -0.25) is 19.4 Å². The van der Waals surface area contributed by atoms with E-state index in [0.717, 1.165) is 96.4 Å². The van der Waals surface area contributed by atoms with Crippen LogP contribution in [0, 0.1) is 23.5 Å². The van der Waals surface area contributed by atoms with Gasteiger partial charge in [0.1, 0.15) is 23.6 Å². The normalized spacial score (nSPS) is 18.6. The Balaban J connectivity index is 0.000000221. The molecule has 4 fully saturated rings. The number of benzene rings is 6. The second-order valence-electron chi connectivity index (χ2n) is 26.6. The van der Waals surface area contributed by atoms with Crippen molar-refractivity contribution in [3.63, 3.8) is 0 Å². The van der Waals surface area contributed by atoms with Crippen molar-refractivity contribution < 1.29 is 73.5 Å². The number of alkyl halides is 6. The summed E-state index contributed by atoms with van der Waals surface area (Å²) in [5.41, 5.74) is 10.8. The van der Waals surface area contributed by atoms with E-state index >= 15 is 0 Å². The number of nitrogens with zero attached hydrogens (tertiary/aromatic N) is 4. The summed E-state index contributed by atoms with van der Waals surface area (Å²) in [6, 6.07) is 43.6. The summed E-state index contributed by atoms with van der Waals surface area (Å²) in [7, 11) is 9.21. The van der Waals surface area contributed by atoms with E-state index in [1.54, 1.807) is 12.1 Å². The van der Waals surface area contributed by atoms with Crippen LogP contribution in [0.5, 0.6) is 0 Å². The lowest BCUT2D eigenvalue weighted by Crippen LogP contribution is -2.48. The van der Waals surface area contributed by atoms with E-state index < -0.39 is 24.3 Å². The molecule has 10 rings (SSSR count). The van der Waals surface area contributed by atoms with Crippen LogP contribution in [0.25, 0.3) is 22.3 Å². The summed E-state index contributed by atoms with van der Waals surface area (Å²) in [6.07, 6.45) is -3.42. The first-order valence-corrected chi connectivity index (χ1v) is 32.0. The van der Waals surface area contributed by atoms with Crippen molar-refractivity contribution >= 4 is 23.8 Å². The van der Waals surface area contributed by atoms with Gasteiger partial charge >= 0.3 is 12.4 Å². The lowest BCUT2D eigenvalue weighted by atomic mass is 9.89. The van der Waals surface area contributed by atoms with E-state index in [0.29, 0.717) is 59.3 Å². The fraction of sp³-hybridized carbons (Fsp3) is 0.444. The fourth-order valence-corrected chi connectivity index (χ4v) is 12.3. The number of rotatable bonds is 16. The smallest absolute Gasteiger partial charge is 0.430 e. The Kier molecular flexibility index (Phi) is 26.4. The monoisotopic (exact) mass is 1310 g/mol. The first kappa shape index (κ1) is 73.8. The van der Waals surface area contributed by atoms with Crippen LogP contribution in [0.4, 0.5) is 35.1 Å². The molecular weight excluding hydrogens is 1220 g/mol. The summed E-state index contributed by atoms with van der Waals surface area (Å²) in [4.78, 5) is 48.5. The van der Waals surface area contributed by atoms with Gasteiger partial charge in [-0.25, -0.2) is 8.78 Å². The topological polar surface area (TPSA) is 169 Å². The number of hydrogen-bond acceptors (Lipinski definition) is 10. The van der Waals surface area contributed by atoms with Gasteiger partial charge in [0.05, 0.1) is 54.4 Å². The van der Waals surface area contributed by atoms with Crippen LogP contribution in [0.1, 0.15) is 93.6 Å². The van der Waals surface area contributed by atoms with Crippen LogP contribution in [0.15, 0.2) is 133 Å². The zero-order valence-corrected chi connectivity index (χ0v) is 54.4. The Hall–Kier alpha value is -7.60. The van der Waals surface area contributed by atoms with Crippen LogP contribution >= 0.6 is 0 Å². The minimum absolute atomic E-state index is 0.0959. The molecule has 2 atom stereocenters. The average Bonchev–Trinajstić information content (AvgIpc) is 0.903. The Bertz CT molecular complexity index is 3260. The molecule has 0 unspecified atom stereocenters. The van der Waals surface area contributed by atoms with E-state index in [2.05, 4.69) is 110 Å². The number of hydrogen-bond donors (Lipinski definition) is 4. The zero-order chi connectivity index (χ0) is 68.4. The van der Waals surface area contributed by atoms with Gasteiger partial charge in [0.2, 0.25) is 0 Å². The SMILES string of the molecule is C[C@H]1CN(Cc2cccc(-c3cc(CNC(=O)c4cccc(CC5CC[N+](C)(C)CC5)c4)ccc3F)c2)CCN1.C[C@H]1CN(Cc2cccc(-c3cc(CNC(=O)c4cccc(CC5CC[N+](C)(C)CC5)c4)ccc3F)c2)CCN1.O=C([O-])C(F)(F)F.O=C([O-])C(F)(F)F. The highest BCUT2D eigenvalue weighted by Crippen LogP contribution is 2.30. The van der Waals surface area contributed by atoms with Crippen LogP contribution < -0.4 is 31.5 Å². The molecule has 14 nitrogen and oxygen atoms in total. The van der Waals surface area contributed by atoms with Crippen LogP contribution in [-0.4, -0.2) is 161 Å². The van der Waals surface area contributed by atoms with Crippen molar-refractivity contribution in [2.24, 2.45) is 11.8 Å². The fourth-order valence-electron chi connectivity index (χ4n) is 12.3. The van der Waals surface area contributed by atoms with Gasteiger partial charge in [-0.1, -0.05) is 72.8 Å². The number of carboxylic acids is 2. The van der Waals surface area contributed by atoms with Gasteiger partial charge in [0, 0.05) is 99.8 Å². The van der Waals surface area contributed by atoms with Gasteiger partial charge in [-0.2, -0.15) is 26.3 Å². The molecule has 4 N–H and O–H groups in total. The number of nitrogens with one attached hydrogen (secondary N) is 4. The molecule has 2 amide bonds. The number of carboxylic acid groups (broad SMARTS) is 2. The molecule has 6 aromatic rings. The second kappa shape index (κ2) is 33.7. The van der Waals surface area contributed by atoms with Gasteiger partial charge < -0.3 is 50.0 Å². The van der Waals surface area contributed by atoms with Crippen molar-refractivity contribution in [1.82, 2.24) is 31.1 Å². The molecule has 4 saturated heterocycles. The van der Waals surface area contributed by atoms with E-state index in [9.17, 15) is 44.7 Å². The van der Waals surface area contributed by atoms with E-state index in [-0.39, 0.29) is 23.4 Å². The summed E-state index contributed by atoms with van der Waals surface area (Å²) in [5.74, 6) is -5.34. The van der Waals surface area contributed by atoms with E-state index in [1.807, 2.05) is 72.8 Å². The Morgan fingerprint density at radius 2 is 0.830 bits per heavy atom. The molecule has 508 valence electrons. The molecule has 4 aliphatic heterocycles. The third-order valence-electron chi connectivity index (χ3n) is 17.6. The number of likely N-dealkylation sites (tertiary alicyclic amines) is 2. The largest absolute Gasteiger partial charge is 0.542 e. The summed E-state index contributed by atoms with van der Waals surface area (Å²) >= 11 is 0. The molecular formula is C72H88F8N8O6. The summed E-state index contributed by atoms with van der Waals surface area (Å²) in [6.45, 7) is 17.7. The van der Waals surface area contributed by atoms with Crippen LogP contribution in [0.3, 0.4) is 0 Å². The lowest BCUT2D eigenvalue weighted by Gasteiger charge is -2.37. The number of piperidine rings is 2. The first-order valence-electron chi connectivity index (χ1n) is 32.0. The Labute approximate surface area is 546 Å². The quantitative estimate of drug-likeness (QED) is 0.0542. The standard InChI is InChI=1S/2C34H43FN4O.2C2HF3O2/c2*1-25-23-38(15-14-36-25)24-29-7-5-8-30(20-29)32-21-28(10-11-33(32)35)22-37-34(40)31-9-4-6-27(19-31)18-26-12-16-39(2,3)17-13-26;2*3-2(4,5)1(6)7/h2*4-11,19-21,25-26,36H,12-18,22-24H2,1-3H3;2*(H,6,7)/t2*25-;;/m00../s1. The maximum atomic E-state index is 14.9. The maximum absolute atomic E-state index is 14.9. The molecule has 0 radical (unpaired) electrons. The number of amides is 2. The zero-order valence-electron chi connectivity index (χ0n) is 54.4. The highest BCUT2D eigenvalue weighted by molar-refractivity contribution is 5.95. The molecule has 0 saturated carbocycles. The lowest BCUT2D eigenvalue weighted by molar-refractivity contribution is -0.896. The third-order valence-corrected chi connectivity index (χ3v) is 17.6.